The lowest BCUT2D eigenvalue weighted by atomic mass is 10.2. The molecule has 0 aromatic heterocycles. The summed E-state index contributed by atoms with van der Waals surface area (Å²) in [5.41, 5.74) is 1.35. The number of hydrogen-bond donors (Lipinski definition) is 1. The van der Waals surface area contributed by atoms with E-state index in [-0.39, 0.29) is 36.2 Å². The van der Waals surface area contributed by atoms with Crippen molar-refractivity contribution in [1.82, 2.24) is 15.1 Å². The zero-order valence-corrected chi connectivity index (χ0v) is 19.7. The first kappa shape index (κ1) is 24.8. The maximum atomic E-state index is 13.8. The molecule has 7 nitrogen and oxygen atoms in total. The van der Waals surface area contributed by atoms with Crippen LogP contribution in [-0.4, -0.2) is 60.6 Å². The van der Waals surface area contributed by atoms with Crippen molar-refractivity contribution in [3.8, 4) is 5.75 Å². The molecule has 1 aliphatic rings. The number of amides is 3. The van der Waals surface area contributed by atoms with Gasteiger partial charge in [-0.05, 0) is 54.2 Å². The molecule has 33 heavy (non-hydrogen) atoms. The number of nitrogens with zero attached hydrogens (tertiary/aromatic N) is 2. The average molecular weight is 492 g/mol. The molecular formula is C23H23ClFN3O4S. The zero-order chi connectivity index (χ0) is 24.0. The maximum absolute atomic E-state index is 13.8. The summed E-state index contributed by atoms with van der Waals surface area (Å²) in [6, 6.07) is 11.7. The summed E-state index contributed by atoms with van der Waals surface area (Å²) < 4.78 is 18.7. The van der Waals surface area contributed by atoms with Crippen molar-refractivity contribution >= 4 is 46.5 Å². The second kappa shape index (κ2) is 11.3. The Morgan fingerprint density at radius 1 is 1.27 bits per heavy atom. The van der Waals surface area contributed by atoms with E-state index in [1.807, 2.05) is 0 Å². The highest BCUT2D eigenvalue weighted by atomic mass is 35.5. The van der Waals surface area contributed by atoms with Gasteiger partial charge in [0.25, 0.3) is 11.1 Å². The number of methoxy groups -OCH3 is 1. The van der Waals surface area contributed by atoms with Crippen molar-refractivity contribution in [2.24, 2.45) is 0 Å². The molecule has 1 heterocycles. The van der Waals surface area contributed by atoms with Gasteiger partial charge in [-0.1, -0.05) is 35.9 Å². The molecule has 1 saturated heterocycles. The van der Waals surface area contributed by atoms with Gasteiger partial charge in [0.2, 0.25) is 5.91 Å². The molecule has 0 aliphatic carbocycles. The van der Waals surface area contributed by atoms with Crippen LogP contribution in [0.2, 0.25) is 5.02 Å². The van der Waals surface area contributed by atoms with E-state index in [1.54, 1.807) is 48.4 Å². The molecule has 0 spiro atoms. The predicted octanol–water partition coefficient (Wildman–Crippen LogP) is 3.77. The minimum absolute atomic E-state index is 0.0592. The van der Waals surface area contributed by atoms with Crippen LogP contribution in [0.5, 0.6) is 5.75 Å². The Hall–Kier alpha value is -2.88. The van der Waals surface area contributed by atoms with Crippen LogP contribution in [0.15, 0.2) is 47.4 Å². The third-order valence-electron chi connectivity index (χ3n) is 4.81. The van der Waals surface area contributed by atoms with Crippen molar-refractivity contribution in [2.75, 3.05) is 33.8 Å². The summed E-state index contributed by atoms with van der Waals surface area (Å²) in [6.45, 7) is 0.622. The number of thioether (sulfide) groups is 1. The number of imide groups is 1. The van der Waals surface area contributed by atoms with Gasteiger partial charge in [0.15, 0.2) is 11.6 Å². The van der Waals surface area contributed by atoms with Crippen LogP contribution >= 0.6 is 23.4 Å². The Morgan fingerprint density at radius 3 is 2.73 bits per heavy atom. The van der Waals surface area contributed by atoms with Crippen LogP contribution in [0.1, 0.15) is 11.1 Å². The molecule has 1 aliphatic heterocycles. The number of nitrogens with one attached hydrogen (secondary N) is 1. The van der Waals surface area contributed by atoms with Gasteiger partial charge in [0.05, 0.1) is 18.6 Å². The summed E-state index contributed by atoms with van der Waals surface area (Å²) in [4.78, 5) is 40.1. The molecule has 1 fully saturated rings. The second-order valence-electron chi connectivity index (χ2n) is 7.35. The minimum Gasteiger partial charge on any atom is -0.494 e. The summed E-state index contributed by atoms with van der Waals surface area (Å²) in [5, 5.41) is 2.79. The Labute approximate surface area is 200 Å². The summed E-state index contributed by atoms with van der Waals surface area (Å²) >= 11 is 6.96. The van der Waals surface area contributed by atoms with Crippen molar-refractivity contribution < 1.29 is 23.5 Å². The van der Waals surface area contributed by atoms with Gasteiger partial charge in [-0.3, -0.25) is 24.2 Å². The molecule has 3 rings (SSSR count). The van der Waals surface area contributed by atoms with Crippen LogP contribution in [0.3, 0.4) is 0 Å². The molecule has 1 N–H and O–H groups in total. The fourth-order valence-corrected chi connectivity index (χ4v) is 4.26. The summed E-state index contributed by atoms with van der Waals surface area (Å²) in [7, 11) is 3.13. The van der Waals surface area contributed by atoms with Crippen LogP contribution in [0.25, 0.3) is 6.08 Å². The van der Waals surface area contributed by atoms with Crippen LogP contribution in [0.4, 0.5) is 9.18 Å². The van der Waals surface area contributed by atoms with Gasteiger partial charge in [0.1, 0.15) is 0 Å². The lowest BCUT2D eigenvalue weighted by Gasteiger charge is -2.18. The quantitative estimate of drug-likeness (QED) is 0.538. The highest BCUT2D eigenvalue weighted by Crippen LogP contribution is 2.33. The van der Waals surface area contributed by atoms with Crippen LogP contribution in [-0.2, 0) is 16.1 Å². The van der Waals surface area contributed by atoms with Gasteiger partial charge >= 0.3 is 0 Å². The Balaban J connectivity index is 1.47. The van der Waals surface area contributed by atoms with E-state index < -0.39 is 17.0 Å². The third-order valence-corrected chi connectivity index (χ3v) is 6.06. The van der Waals surface area contributed by atoms with Crippen molar-refractivity contribution in [2.45, 2.75) is 6.54 Å². The number of carbonyl (C=O) groups excluding carboxylic acids is 3. The predicted molar refractivity (Wildman–Crippen MR) is 126 cm³/mol. The van der Waals surface area contributed by atoms with Crippen LogP contribution in [0, 0.1) is 5.82 Å². The van der Waals surface area contributed by atoms with E-state index in [1.165, 1.54) is 19.2 Å². The van der Waals surface area contributed by atoms with Crippen molar-refractivity contribution in [3.63, 3.8) is 0 Å². The molecular weight excluding hydrogens is 469 g/mol. The highest BCUT2D eigenvalue weighted by Gasteiger charge is 2.34. The monoisotopic (exact) mass is 491 g/mol. The molecule has 0 saturated carbocycles. The summed E-state index contributed by atoms with van der Waals surface area (Å²) in [6.07, 6.45) is 1.59. The number of carbonyl (C=O) groups is 3. The maximum Gasteiger partial charge on any atom is 0.293 e. The smallest absolute Gasteiger partial charge is 0.293 e. The molecule has 2 aromatic carbocycles. The highest BCUT2D eigenvalue weighted by molar-refractivity contribution is 8.18. The lowest BCUT2D eigenvalue weighted by Crippen LogP contribution is -2.40. The van der Waals surface area contributed by atoms with Crippen LogP contribution < -0.4 is 10.1 Å². The van der Waals surface area contributed by atoms with Gasteiger partial charge in [-0.2, -0.15) is 0 Å². The molecule has 0 radical (unpaired) electrons. The largest absolute Gasteiger partial charge is 0.494 e. The normalized spacial score (nSPS) is 14.9. The zero-order valence-electron chi connectivity index (χ0n) is 18.1. The van der Waals surface area contributed by atoms with E-state index in [0.29, 0.717) is 22.7 Å². The number of benzene rings is 2. The lowest BCUT2D eigenvalue weighted by molar-refractivity contribution is -0.124. The molecule has 0 unspecified atom stereocenters. The Kier molecular flexibility index (Phi) is 8.49. The number of hydrogen-bond acceptors (Lipinski definition) is 6. The molecule has 0 atom stereocenters. The first-order valence-electron chi connectivity index (χ1n) is 10.1. The standard InChI is InChI=1S/C23H23ClFN3O4S/c1-27(13-15-7-8-19(32-2)18(25)11-15)14-21(29)26-9-10-28-22(30)20(33-23(28)31)12-16-5-3-4-6-17(16)24/h3-8,11-12H,9-10,13-14H2,1-2H3,(H,26,29)/b20-12-. The molecule has 3 amide bonds. The van der Waals surface area contributed by atoms with Crippen molar-refractivity contribution in [3.05, 3.63) is 69.3 Å². The Morgan fingerprint density at radius 2 is 2.03 bits per heavy atom. The number of likely N-dealkylation sites (N-methyl/N-ethyl adjacent to an activating group) is 1. The van der Waals surface area contributed by atoms with Gasteiger partial charge < -0.3 is 10.1 Å². The molecule has 0 bridgehead atoms. The molecule has 10 heteroatoms. The van der Waals surface area contributed by atoms with E-state index in [2.05, 4.69) is 5.32 Å². The fraction of sp³-hybridized carbons (Fsp3) is 0.261. The second-order valence-corrected chi connectivity index (χ2v) is 8.75. The van der Waals surface area contributed by atoms with E-state index in [9.17, 15) is 18.8 Å². The SMILES string of the molecule is COc1ccc(CN(C)CC(=O)NCCN2C(=O)S/C(=C\c3ccccc3Cl)C2=O)cc1F. The topological polar surface area (TPSA) is 79.0 Å². The third kappa shape index (κ3) is 6.56. The first-order chi connectivity index (χ1) is 15.8. The van der Waals surface area contributed by atoms with Gasteiger partial charge in [0, 0.05) is 24.7 Å². The fourth-order valence-electron chi connectivity index (χ4n) is 3.21. The number of ether oxygens (including phenoxy) is 1. The molecule has 174 valence electrons. The van der Waals surface area contributed by atoms with E-state index in [4.69, 9.17) is 16.3 Å². The minimum atomic E-state index is -0.464. The number of rotatable bonds is 9. The average Bonchev–Trinajstić information content (AvgIpc) is 3.02. The first-order valence-corrected chi connectivity index (χ1v) is 11.3. The van der Waals surface area contributed by atoms with Gasteiger partial charge in [-0.25, -0.2) is 4.39 Å². The van der Waals surface area contributed by atoms with Crippen molar-refractivity contribution in [1.29, 1.82) is 0 Å². The summed E-state index contributed by atoms with van der Waals surface area (Å²) in [5.74, 6) is -0.996. The van der Waals surface area contributed by atoms with Gasteiger partial charge in [-0.15, -0.1) is 0 Å². The van der Waals surface area contributed by atoms with E-state index >= 15 is 0 Å². The Bertz CT molecular complexity index is 1100. The number of halogens is 2. The van der Waals surface area contributed by atoms with E-state index in [0.717, 1.165) is 16.7 Å². The molecule has 2 aromatic rings.